The zero-order valence-corrected chi connectivity index (χ0v) is 18.1. The van der Waals surface area contributed by atoms with Gasteiger partial charge in [-0.1, -0.05) is 49.4 Å². The van der Waals surface area contributed by atoms with Crippen molar-refractivity contribution in [3.63, 3.8) is 0 Å². The monoisotopic (exact) mass is 433 g/mol. The Morgan fingerprint density at radius 1 is 1.12 bits per heavy atom. The number of carbonyl (C=O) groups excluding carboxylic acids is 1. The first-order valence-electron chi connectivity index (χ1n) is 11.0. The molecule has 0 aliphatic heterocycles. The molecule has 166 valence electrons. The Morgan fingerprint density at radius 3 is 2.69 bits per heavy atom. The highest BCUT2D eigenvalue weighted by Gasteiger charge is 2.27. The number of benzene rings is 2. The predicted octanol–water partition coefficient (Wildman–Crippen LogP) is 5.51. The number of ether oxygens (including phenoxy) is 1. The van der Waals surface area contributed by atoms with Crippen LogP contribution in [-0.2, 0) is 24.2 Å². The maximum Gasteiger partial charge on any atom is 0.411 e. The third kappa shape index (κ3) is 4.69. The molecular formula is C26H27NO5. The molecule has 1 heterocycles. The van der Waals surface area contributed by atoms with Crippen molar-refractivity contribution in [3.8, 4) is 5.75 Å². The summed E-state index contributed by atoms with van der Waals surface area (Å²) in [5.74, 6) is 0.318. The van der Waals surface area contributed by atoms with Crippen LogP contribution in [0.5, 0.6) is 5.75 Å². The molecule has 32 heavy (non-hydrogen) atoms. The lowest BCUT2D eigenvalue weighted by Crippen LogP contribution is -2.18. The minimum Gasteiger partial charge on any atom is -0.507 e. The van der Waals surface area contributed by atoms with E-state index in [-0.39, 0.29) is 23.8 Å². The maximum atomic E-state index is 12.8. The van der Waals surface area contributed by atoms with Gasteiger partial charge in [0.25, 0.3) is 0 Å². The molecule has 0 spiro atoms. The van der Waals surface area contributed by atoms with E-state index in [2.05, 4.69) is 5.32 Å². The highest BCUT2D eigenvalue weighted by Crippen LogP contribution is 2.37. The molecule has 1 amide bonds. The summed E-state index contributed by atoms with van der Waals surface area (Å²) in [6.07, 6.45) is 3.35. The molecule has 2 aromatic carbocycles. The Labute approximate surface area is 186 Å². The van der Waals surface area contributed by atoms with Crippen molar-refractivity contribution in [3.05, 3.63) is 93.0 Å². The molecule has 0 radical (unpaired) electrons. The minimum atomic E-state index is -0.560. The molecule has 4 rings (SSSR count). The number of amides is 1. The molecule has 1 atom stereocenters. The van der Waals surface area contributed by atoms with Crippen LogP contribution in [0.15, 0.2) is 63.8 Å². The smallest absolute Gasteiger partial charge is 0.411 e. The van der Waals surface area contributed by atoms with E-state index in [4.69, 9.17) is 9.15 Å². The summed E-state index contributed by atoms with van der Waals surface area (Å²) in [4.78, 5) is 25.0. The van der Waals surface area contributed by atoms with E-state index in [1.54, 1.807) is 12.1 Å². The van der Waals surface area contributed by atoms with Crippen LogP contribution in [0.2, 0.25) is 0 Å². The molecule has 0 fully saturated rings. The van der Waals surface area contributed by atoms with Crippen molar-refractivity contribution in [2.24, 2.45) is 0 Å². The average molecular weight is 434 g/mol. The Hall–Kier alpha value is -3.54. The van der Waals surface area contributed by atoms with E-state index >= 15 is 0 Å². The summed E-state index contributed by atoms with van der Waals surface area (Å²) in [6.45, 7) is 2.13. The van der Waals surface area contributed by atoms with Gasteiger partial charge in [0.1, 0.15) is 18.1 Å². The number of hydrogen-bond donors (Lipinski definition) is 2. The molecular weight excluding hydrogens is 406 g/mol. The lowest BCUT2D eigenvalue weighted by atomic mass is 9.86. The maximum absolute atomic E-state index is 12.8. The fourth-order valence-electron chi connectivity index (χ4n) is 4.29. The van der Waals surface area contributed by atoms with Gasteiger partial charge >= 0.3 is 11.7 Å². The van der Waals surface area contributed by atoms with Crippen LogP contribution in [0.1, 0.15) is 60.1 Å². The number of anilines is 1. The molecule has 1 aliphatic carbocycles. The number of fused-ring (bicyclic) bond motifs is 1. The number of carbonyl (C=O) groups is 1. The molecule has 1 aromatic heterocycles. The van der Waals surface area contributed by atoms with Crippen LogP contribution in [0.3, 0.4) is 0 Å². The standard InChI is InChI=1S/C26H27NO5/c1-2-20(23-24(28)21-13-6-7-14-22(21)32-25(23)29)18-11-8-12-19(15-18)27-26(30)31-16-17-9-4-3-5-10-17/h3-5,8-12,15,20,28H,2,6-7,13-14,16H2,1H3,(H,27,30). The van der Waals surface area contributed by atoms with Crippen LogP contribution >= 0.6 is 0 Å². The molecule has 3 aromatic rings. The van der Waals surface area contributed by atoms with Crippen molar-refractivity contribution >= 4 is 11.8 Å². The van der Waals surface area contributed by atoms with Gasteiger partial charge in [-0.05, 0) is 48.9 Å². The van der Waals surface area contributed by atoms with E-state index in [9.17, 15) is 14.7 Å². The van der Waals surface area contributed by atoms with Crippen molar-refractivity contribution in [1.82, 2.24) is 0 Å². The molecule has 2 N–H and O–H groups in total. The van der Waals surface area contributed by atoms with Crippen molar-refractivity contribution < 1.29 is 19.1 Å². The zero-order chi connectivity index (χ0) is 22.5. The normalized spacial score (nSPS) is 13.8. The van der Waals surface area contributed by atoms with E-state index in [0.717, 1.165) is 29.5 Å². The fraction of sp³-hybridized carbons (Fsp3) is 0.308. The quantitative estimate of drug-likeness (QED) is 0.535. The Bertz CT molecular complexity index is 1150. The van der Waals surface area contributed by atoms with E-state index < -0.39 is 11.7 Å². The summed E-state index contributed by atoms with van der Waals surface area (Å²) in [5, 5.41) is 13.7. The van der Waals surface area contributed by atoms with Crippen LogP contribution < -0.4 is 10.9 Å². The summed E-state index contributed by atoms with van der Waals surface area (Å²) in [6, 6.07) is 16.7. The second kappa shape index (κ2) is 9.73. The number of hydrogen-bond acceptors (Lipinski definition) is 5. The lowest BCUT2D eigenvalue weighted by Gasteiger charge is -2.21. The summed E-state index contributed by atoms with van der Waals surface area (Å²) in [7, 11) is 0. The van der Waals surface area contributed by atoms with Gasteiger partial charge in [-0.15, -0.1) is 0 Å². The summed E-state index contributed by atoms with van der Waals surface area (Å²) in [5.41, 5.74) is 2.82. The molecule has 0 saturated heterocycles. The minimum absolute atomic E-state index is 0.0587. The Morgan fingerprint density at radius 2 is 1.91 bits per heavy atom. The predicted molar refractivity (Wildman–Crippen MR) is 122 cm³/mol. The molecule has 6 nitrogen and oxygen atoms in total. The Balaban J connectivity index is 1.54. The van der Waals surface area contributed by atoms with Gasteiger partial charge < -0.3 is 14.3 Å². The topological polar surface area (TPSA) is 88.8 Å². The van der Waals surface area contributed by atoms with E-state index in [0.29, 0.717) is 30.7 Å². The first kappa shape index (κ1) is 21.7. The van der Waals surface area contributed by atoms with Gasteiger partial charge in [0.05, 0.1) is 5.56 Å². The van der Waals surface area contributed by atoms with Gasteiger partial charge in [-0.25, -0.2) is 9.59 Å². The molecule has 1 aliphatic rings. The first-order chi connectivity index (χ1) is 15.6. The number of rotatable bonds is 6. The SMILES string of the molecule is CCC(c1cccc(NC(=O)OCc2ccccc2)c1)c1c(O)c2c(oc1=O)CCCC2. The van der Waals surface area contributed by atoms with Crippen LogP contribution in [0.25, 0.3) is 0 Å². The lowest BCUT2D eigenvalue weighted by molar-refractivity contribution is 0.155. The molecule has 0 bridgehead atoms. The number of nitrogens with one attached hydrogen (secondary N) is 1. The van der Waals surface area contributed by atoms with Gasteiger partial charge in [-0.3, -0.25) is 5.32 Å². The Kier molecular flexibility index (Phi) is 6.59. The van der Waals surface area contributed by atoms with E-state index in [1.165, 1.54) is 0 Å². The largest absolute Gasteiger partial charge is 0.507 e. The number of aryl methyl sites for hydroxylation is 1. The first-order valence-corrected chi connectivity index (χ1v) is 11.0. The van der Waals surface area contributed by atoms with Crippen LogP contribution in [0, 0.1) is 0 Å². The third-order valence-electron chi connectivity index (χ3n) is 5.90. The third-order valence-corrected chi connectivity index (χ3v) is 5.90. The van der Waals surface area contributed by atoms with Crippen molar-refractivity contribution in [2.75, 3.05) is 5.32 Å². The highest BCUT2D eigenvalue weighted by atomic mass is 16.5. The van der Waals surface area contributed by atoms with Gasteiger partial charge in [0.15, 0.2) is 0 Å². The second-order valence-corrected chi connectivity index (χ2v) is 8.03. The van der Waals surface area contributed by atoms with Crippen molar-refractivity contribution in [2.45, 2.75) is 51.6 Å². The van der Waals surface area contributed by atoms with Crippen molar-refractivity contribution in [1.29, 1.82) is 0 Å². The summed E-state index contributed by atoms with van der Waals surface area (Å²) < 4.78 is 10.9. The molecule has 6 heteroatoms. The molecule has 1 unspecified atom stereocenters. The highest BCUT2D eigenvalue weighted by molar-refractivity contribution is 5.84. The second-order valence-electron chi connectivity index (χ2n) is 8.03. The zero-order valence-electron chi connectivity index (χ0n) is 18.1. The van der Waals surface area contributed by atoms with Gasteiger partial charge in [0.2, 0.25) is 0 Å². The fourth-order valence-corrected chi connectivity index (χ4v) is 4.29. The molecule has 0 saturated carbocycles. The van der Waals surface area contributed by atoms with Crippen LogP contribution in [-0.4, -0.2) is 11.2 Å². The van der Waals surface area contributed by atoms with Gasteiger partial charge in [0, 0.05) is 23.6 Å². The summed E-state index contributed by atoms with van der Waals surface area (Å²) >= 11 is 0. The number of aromatic hydroxyl groups is 1. The average Bonchev–Trinajstić information content (AvgIpc) is 2.81. The van der Waals surface area contributed by atoms with Gasteiger partial charge in [-0.2, -0.15) is 0 Å². The van der Waals surface area contributed by atoms with E-state index in [1.807, 2.05) is 49.4 Å². The van der Waals surface area contributed by atoms with Crippen LogP contribution in [0.4, 0.5) is 10.5 Å².